The van der Waals surface area contributed by atoms with Gasteiger partial charge in [0.25, 0.3) is 5.91 Å². The zero-order valence-corrected chi connectivity index (χ0v) is 16.0. The van der Waals surface area contributed by atoms with Crippen LogP contribution in [0.3, 0.4) is 0 Å². The van der Waals surface area contributed by atoms with Gasteiger partial charge < -0.3 is 14.8 Å². The van der Waals surface area contributed by atoms with Crippen molar-refractivity contribution in [2.75, 3.05) is 19.0 Å². The van der Waals surface area contributed by atoms with Crippen LogP contribution in [-0.4, -0.2) is 25.9 Å². The van der Waals surface area contributed by atoms with Crippen LogP contribution in [0.5, 0.6) is 11.5 Å². The van der Waals surface area contributed by atoms with Crippen molar-refractivity contribution in [3.8, 4) is 11.5 Å². The van der Waals surface area contributed by atoms with Crippen molar-refractivity contribution in [1.29, 1.82) is 0 Å². The molecular weight excluding hydrogens is 445 g/mol. The Hall–Kier alpha value is -1.80. The lowest BCUT2D eigenvalue weighted by molar-refractivity contribution is -0.118. The number of nitrogens with one attached hydrogen (secondary N) is 1. The number of amides is 1. The van der Waals surface area contributed by atoms with Gasteiger partial charge in [0.2, 0.25) is 0 Å². The zero-order chi connectivity index (χ0) is 17.7. The van der Waals surface area contributed by atoms with E-state index in [1.165, 1.54) is 7.11 Å². The maximum absolute atomic E-state index is 12.1. The average molecular weight is 460 g/mol. The Morgan fingerprint density at radius 2 is 2.12 bits per heavy atom. The lowest BCUT2D eigenvalue weighted by Crippen LogP contribution is -2.21. The average Bonchev–Trinajstić information content (AvgIpc) is 2.57. The van der Waals surface area contributed by atoms with Gasteiger partial charge in [-0.1, -0.05) is 17.7 Å². The number of methoxy groups -OCH3 is 1. The zero-order valence-electron chi connectivity index (χ0n) is 13.1. The summed E-state index contributed by atoms with van der Waals surface area (Å²) in [7, 11) is 1.47. The fourth-order valence-corrected chi connectivity index (χ4v) is 2.97. The van der Waals surface area contributed by atoms with Gasteiger partial charge in [-0.05, 0) is 59.3 Å². The molecule has 1 amide bonds. The molecule has 0 aromatic heterocycles. The first-order valence-corrected chi connectivity index (χ1v) is 8.42. The van der Waals surface area contributed by atoms with Crippen molar-refractivity contribution >= 4 is 52.1 Å². The number of halogens is 2. The predicted octanol–water partition coefficient (Wildman–Crippen LogP) is 4.09. The molecule has 0 heterocycles. The maximum Gasteiger partial charge on any atom is 0.262 e. The molecule has 24 heavy (non-hydrogen) atoms. The molecule has 0 aliphatic rings. The van der Waals surface area contributed by atoms with E-state index in [1.807, 2.05) is 29.5 Å². The third-order valence-corrected chi connectivity index (χ3v) is 4.49. The molecule has 0 fully saturated rings. The molecule has 0 spiro atoms. The Labute approximate surface area is 158 Å². The highest BCUT2D eigenvalue weighted by molar-refractivity contribution is 14.1. The summed E-state index contributed by atoms with van der Waals surface area (Å²) in [6.07, 6.45) is 0.725. The first-order valence-electron chi connectivity index (χ1n) is 6.96. The molecule has 0 bridgehead atoms. The number of aldehydes is 1. The van der Waals surface area contributed by atoms with Crippen molar-refractivity contribution in [3.63, 3.8) is 0 Å². The number of anilines is 1. The fourth-order valence-electron chi connectivity index (χ4n) is 2.01. The largest absolute Gasteiger partial charge is 0.493 e. The maximum atomic E-state index is 12.1. The topological polar surface area (TPSA) is 64.6 Å². The van der Waals surface area contributed by atoms with Crippen molar-refractivity contribution in [2.45, 2.75) is 6.92 Å². The summed E-state index contributed by atoms with van der Waals surface area (Å²) in [6, 6.07) is 8.50. The van der Waals surface area contributed by atoms with Gasteiger partial charge in [0.05, 0.1) is 10.7 Å². The smallest absolute Gasteiger partial charge is 0.262 e. The van der Waals surface area contributed by atoms with Crippen LogP contribution in [0.4, 0.5) is 5.69 Å². The number of ether oxygens (including phenoxy) is 2. The molecule has 5 nitrogen and oxygen atoms in total. The second kappa shape index (κ2) is 8.34. The van der Waals surface area contributed by atoms with E-state index >= 15 is 0 Å². The molecule has 0 aliphatic carbocycles. The Morgan fingerprint density at radius 1 is 1.38 bits per heavy atom. The summed E-state index contributed by atoms with van der Waals surface area (Å²) in [4.78, 5) is 23.0. The van der Waals surface area contributed by atoms with Crippen LogP contribution in [-0.2, 0) is 4.79 Å². The van der Waals surface area contributed by atoms with Gasteiger partial charge in [-0.25, -0.2) is 0 Å². The number of rotatable bonds is 6. The summed E-state index contributed by atoms with van der Waals surface area (Å²) in [6.45, 7) is 1.63. The Bertz CT molecular complexity index is 779. The molecule has 1 N–H and O–H groups in total. The minimum atomic E-state index is -0.322. The lowest BCUT2D eigenvalue weighted by atomic mass is 10.2. The normalized spacial score (nSPS) is 10.2. The molecule has 2 aromatic carbocycles. The van der Waals surface area contributed by atoms with Crippen LogP contribution in [0.1, 0.15) is 15.9 Å². The van der Waals surface area contributed by atoms with Crippen molar-refractivity contribution in [3.05, 3.63) is 50.1 Å². The van der Waals surface area contributed by atoms with E-state index in [1.54, 1.807) is 30.3 Å². The minimum absolute atomic E-state index is 0.196. The lowest BCUT2D eigenvalue weighted by Gasteiger charge is -2.14. The van der Waals surface area contributed by atoms with E-state index in [0.717, 1.165) is 11.8 Å². The van der Waals surface area contributed by atoms with Crippen LogP contribution < -0.4 is 14.8 Å². The third-order valence-electron chi connectivity index (χ3n) is 3.28. The minimum Gasteiger partial charge on any atom is -0.493 e. The monoisotopic (exact) mass is 459 g/mol. The number of hydrogen-bond acceptors (Lipinski definition) is 4. The Morgan fingerprint density at radius 3 is 2.79 bits per heavy atom. The van der Waals surface area contributed by atoms with Crippen LogP contribution >= 0.6 is 34.2 Å². The first kappa shape index (κ1) is 18.5. The van der Waals surface area contributed by atoms with E-state index < -0.39 is 0 Å². The van der Waals surface area contributed by atoms with Gasteiger partial charge >= 0.3 is 0 Å². The van der Waals surface area contributed by atoms with Crippen molar-refractivity contribution < 1.29 is 19.1 Å². The molecule has 0 saturated heterocycles. The van der Waals surface area contributed by atoms with Gasteiger partial charge in [-0.15, -0.1) is 0 Å². The SMILES string of the molecule is COc1cc(C=O)cc(I)c1OCC(=O)Nc1cccc(Cl)c1C. The van der Waals surface area contributed by atoms with Gasteiger partial charge in [0.1, 0.15) is 6.29 Å². The summed E-state index contributed by atoms with van der Waals surface area (Å²) < 4.78 is 11.5. The Kier molecular flexibility index (Phi) is 6.44. The summed E-state index contributed by atoms with van der Waals surface area (Å²) in [5.74, 6) is 0.495. The highest BCUT2D eigenvalue weighted by Crippen LogP contribution is 2.33. The molecule has 0 atom stereocenters. The van der Waals surface area contributed by atoms with Crippen LogP contribution in [0.25, 0.3) is 0 Å². The molecule has 2 rings (SSSR count). The molecule has 0 aliphatic heterocycles. The second-order valence-corrected chi connectivity index (χ2v) is 6.47. The molecule has 126 valence electrons. The van der Waals surface area contributed by atoms with Gasteiger partial charge in [0.15, 0.2) is 18.1 Å². The second-order valence-electron chi connectivity index (χ2n) is 4.90. The number of hydrogen-bond donors (Lipinski definition) is 1. The highest BCUT2D eigenvalue weighted by Gasteiger charge is 2.14. The number of benzene rings is 2. The third kappa shape index (κ3) is 4.39. The van der Waals surface area contributed by atoms with Crippen LogP contribution in [0.2, 0.25) is 5.02 Å². The van der Waals surface area contributed by atoms with E-state index in [-0.39, 0.29) is 12.5 Å². The summed E-state index contributed by atoms with van der Waals surface area (Å²) >= 11 is 8.06. The molecule has 0 unspecified atom stereocenters. The summed E-state index contributed by atoms with van der Waals surface area (Å²) in [5, 5.41) is 3.33. The molecular formula is C17H15ClINO4. The number of carbonyl (C=O) groups is 2. The molecule has 7 heteroatoms. The van der Waals surface area contributed by atoms with Crippen LogP contribution in [0.15, 0.2) is 30.3 Å². The Balaban J connectivity index is 2.09. The van der Waals surface area contributed by atoms with Gasteiger partial charge in [0, 0.05) is 16.3 Å². The van der Waals surface area contributed by atoms with Crippen LogP contribution in [0, 0.1) is 10.5 Å². The predicted molar refractivity (Wildman–Crippen MR) is 101 cm³/mol. The summed E-state index contributed by atoms with van der Waals surface area (Å²) in [5.41, 5.74) is 1.90. The van der Waals surface area contributed by atoms with Crippen molar-refractivity contribution in [2.24, 2.45) is 0 Å². The van der Waals surface area contributed by atoms with Crippen molar-refractivity contribution in [1.82, 2.24) is 0 Å². The first-order chi connectivity index (χ1) is 11.5. The number of carbonyl (C=O) groups excluding carboxylic acids is 2. The van der Waals surface area contributed by atoms with E-state index in [9.17, 15) is 9.59 Å². The van der Waals surface area contributed by atoms with E-state index in [2.05, 4.69) is 5.32 Å². The fraction of sp³-hybridized carbons (Fsp3) is 0.176. The van der Waals surface area contributed by atoms with Gasteiger partial charge in [-0.2, -0.15) is 0 Å². The van der Waals surface area contributed by atoms with E-state index in [0.29, 0.717) is 31.3 Å². The van der Waals surface area contributed by atoms with E-state index in [4.69, 9.17) is 21.1 Å². The molecule has 0 saturated carbocycles. The molecule has 2 aromatic rings. The molecule has 0 radical (unpaired) electrons. The van der Waals surface area contributed by atoms with Gasteiger partial charge in [-0.3, -0.25) is 9.59 Å². The quantitative estimate of drug-likeness (QED) is 0.522. The highest BCUT2D eigenvalue weighted by atomic mass is 127. The standard InChI is InChI=1S/C17H15ClINO4/c1-10-12(18)4-3-5-14(10)20-16(22)9-24-17-13(19)6-11(8-21)7-15(17)23-2/h3-8H,9H2,1-2H3,(H,20,22).